The van der Waals surface area contributed by atoms with E-state index in [4.69, 9.17) is 0 Å². The molecule has 2 rings (SSSR count). The molecule has 6 nitrogen and oxygen atoms in total. The average Bonchev–Trinajstić information content (AvgIpc) is 2.95. The van der Waals surface area contributed by atoms with Gasteiger partial charge in [0.15, 0.2) is 0 Å². The highest BCUT2D eigenvalue weighted by atomic mass is 15.3. The van der Waals surface area contributed by atoms with Gasteiger partial charge in [-0.15, -0.1) is 0 Å². The normalized spacial score (nSPS) is 12.9. The molecule has 2 heterocycles. The summed E-state index contributed by atoms with van der Waals surface area (Å²) in [5, 5.41) is 11.8. The van der Waals surface area contributed by atoms with Crippen molar-refractivity contribution < 1.29 is 0 Å². The van der Waals surface area contributed by atoms with E-state index in [0.717, 1.165) is 18.8 Å². The summed E-state index contributed by atoms with van der Waals surface area (Å²) in [5.74, 6) is 1.00. The molecule has 0 aliphatic carbocycles. The van der Waals surface area contributed by atoms with E-state index >= 15 is 0 Å². The topological polar surface area (TPSA) is 60.6 Å². The van der Waals surface area contributed by atoms with Crippen LogP contribution in [0, 0.1) is 6.92 Å². The highest BCUT2D eigenvalue weighted by Gasteiger charge is 2.18. The second-order valence-electron chi connectivity index (χ2n) is 4.35. The maximum absolute atomic E-state index is 4.32. The Kier molecular flexibility index (Phi) is 3.76. The predicted octanol–water partition coefficient (Wildman–Crippen LogP) is 0.843. The van der Waals surface area contributed by atoms with Gasteiger partial charge in [0.2, 0.25) is 0 Å². The molecule has 0 spiro atoms. The van der Waals surface area contributed by atoms with Crippen molar-refractivity contribution in [3.8, 4) is 0 Å². The lowest BCUT2D eigenvalue weighted by Crippen LogP contribution is -2.21. The maximum atomic E-state index is 4.32. The fourth-order valence-corrected chi connectivity index (χ4v) is 2.12. The number of nitrogens with one attached hydrogen (secondary N) is 1. The molecule has 0 amide bonds. The molecule has 0 aliphatic rings. The van der Waals surface area contributed by atoms with Crippen LogP contribution in [0.15, 0.2) is 12.5 Å². The smallest absolute Gasteiger partial charge is 0.138 e. The third kappa shape index (κ3) is 2.28. The van der Waals surface area contributed by atoms with Crippen LogP contribution in [-0.4, -0.2) is 31.6 Å². The summed E-state index contributed by atoms with van der Waals surface area (Å²) in [6.45, 7) is 5.00. The van der Waals surface area contributed by atoms with Crippen molar-refractivity contribution in [3.63, 3.8) is 0 Å². The van der Waals surface area contributed by atoms with Crippen LogP contribution < -0.4 is 5.32 Å². The molecule has 2 aromatic rings. The number of hydrogen-bond donors (Lipinski definition) is 1. The van der Waals surface area contributed by atoms with Crippen LogP contribution in [0.2, 0.25) is 0 Å². The molecule has 18 heavy (non-hydrogen) atoms. The summed E-state index contributed by atoms with van der Waals surface area (Å²) >= 11 is 0. The summed E-state index contributed by atoms with van der Waals surface area (Å²) in [6.07, 6.45) is 4.35. The van der Waals surface area contributed by atoms with Crippen LogP contribution >= 0.6 is 0 Å². The first-order valence-corrected chi connectivity index (χ1v) is 6.19. The fraction of sp³-hybridized carbons (Fsp3) is 0.583. The zero-order chi connectivity index (χ0) is 13.1. The standard InChI is InChI=1S/C12H20N6/c1-5-18-12(14-8-16-18)6-11(13-3)10-7-15-17(4)9(10)2/h7-8,11,13H,5-6H2,1-4H3. The van der Waals surface area contributed by atoms with Crippen LogP contribution in [0.3, 0.4) is 0 Å². The Morgan fingerprint density at radius 3 is 2.72 bits per heavy atom. The van der Waals surface area contributed by atoms with Gasteiger partial charge >= 0.3 is 0 Å². The Morgan fingerprint density at radius 1 is 1.39 bits per heavy atom. The molecule has 0 saturated carbocycles. The molecule has 1 unspecified atom stereocenters. The Labute approximate surface area is 107 Å². The van der Waals surface area contributed by atoms with Crippen molar-refractivity contribution in [2.45, 2.75) is 32.9 Å². The third-order valence-electron chi connectivity index (χ3n) is 3.38. The molecule has 6 heteroatoms. The van der Waals surface area contributed by atoms with Gasteiger partial charge in [-0.25, -0.2) is 4.98 Å². The Morgan fingerprint density at radius 2 is 2.17 bits per heavy atom. The second kappa shape index (κ2) is 5.30. The van der Waals surface area contributed by atoms with Crippen molar-refractivity contribution in [2.75, 3.05) is 7.05 Å². The molecule has 0 saturated heterocycles. The van der Waals surface area contributed by atoms with E-state index in [1.807, 2.05) is 29.7 Å². The van der Waals surface area contributed by atoms with Crippen molar-refractivity contribution in [2.24, 2.45) is 7.05 Å². The van der Waals surface area contributed by atoms with Crippen LogP contribution in [0.1, 0.15) is 30.0 Å². The lowest BCUT2D eigenvalue weighted by molar-refractivity contribution is 0.531. The molecule has 98 valence electrons. The summed E-state index contributed by atoms with van der Waals surface area (Å²) < 4.78 is 3.82. The lowest BCUT2D eigenvalue weighted by Gasteiger charge is -2.15. The minimum Gasteiger partial charge on any atom is -0.313 e. The third-order valence-corrected chi connectivity index (χ3v) is 3.38. The molecular weight excluding hydrogens is 228 g/mol. The van der Waals surface area contributed by atoms with E-state index in [1.54, 1.807) is 6.33 Å². The van der Waals surface area contributed by atoms with Gasteiger partial charge in [-0.3, -0.25) is 9.36 Å². The van der Waals surface area contributed by atoms with Crippen LogP contribution in [-0.2, 0) is 20.0 Å². The minimum absolute atomic E-state index is 0.216. The van der Waals surface area contributed by atoms with Crippen molar-refractivity contribution >= 4 is 0 Å². The highest BCUT2D eigenvalue weighted by molar-refractivity contribution is 5.21. The lowest BCUT2D eigenvalue weighted by atomic mass is 10.0. The van der Waals surface area contributed by atoms with Gasteiger partial charge in [-0.2, -0.15) is 10.2 Å². The van der Waals surface area contributed by atoms with Gasteiger partial charge < -0.3 is 5.32 Å². The SMILES string of the molecule is CCn1ncnc1CC(NC)c1cnn(C)c1C. The predicted molar refractivity (Wildman–Crippen MR) is 69.1 cm³/mol. The summed E-state index contributed by atoms with van der Waals surface area (Å²) in [6, 6.07) is 0.216. The number of hydrogen-bond acceptors (Lipinski definition) is 4. The monoisotopic (exact) mass is 248 g/mol. The Hall–Kier alpha value is -1.69. The molecule has 0 radical (unpaired) electrons. The van der Waals surface area contributed by atoms with Crippen LogP contribution in [0.25, 0.3) is 0 Å². The van der Waals surface area contributed by atoms with Crippen LogP contribution in [0.5, 0.6) is 0 Å². The van der Waals surface area contributed by atoms with E-state index in [9.17, 15) is 0 Å². The van der Waals surface area contributed by atoms with Crippen molar-refractivity contribution in [3.05, 3.63) is 29.6 Å². The fourth-order valence-electron chi connectivity index (χ4n) is 2.12. The second-order valence-corrected chi connectivity index (χ2v) is 4.35. The first kappa shape index (κ1) is 12.8. The van der Waals surface area contributed by atoms with Gasteiger partial charge in [0.25, 0.3) is 0 Å². The number of aryl methyl sites for hydroxylation is 2. The first-order chi connectivity index (χ1) is 8.67. The zero-order valence-corrected chi connectivity index (χ0v) is 11.4. The number of rotatable bonds is 5. The average molecular weight is 248 g/mol. The number of likely N-dealkylation sites (N-methyl/N-ethyl adjacent to an activating group) is 1. The Balaban J connectivity index is 2.22. The van der Waals surface area contributed by atoms with Crippen LogP contribution in [0.4, 0.5) is 0 Å². The molecular formula is C12H20N6. The van der Waals surface area contributed by atoms with Gasteiger partial charge in [-0.1, -0.05) is 0 Å². The Bertz CT molecular complexity index is 512. The van der Waals surface area contributed by atoms with Gasteiger partial charge in [0.1, 0.15) is 12.2 Å². The zero-order valence-electron chi connectivity index (χ0n) is 11.4. The highest BCUT2D eigenvalue weighted by Crippen LogP contribution is 2.19. The molecule has 1 atom stereocenters. The number of nitrogens with zero attached hydrogens (tertiary/aromatic N) is 5. The van der Waals surface area contributed by atoms with E-state index in [0.29, 0.717) is 0 Å². The van der Waals surface area contributed by atoms with Gasteiger partial charge in [0.05, 0.1) is 6.20 Å². The molecule has 0 aliphatic heterocycles. The minimum atomic E-state index is 0.216. The van der Waals surface area contributed by atoms with Crippen molar-refractivity contribution in [1.82, 2.24) is 29.9 Å². The van der Waals surface area contributed by atoms with E-state index in [1.165, 1.54) is 11.3 Å². The number of aromatic nitrogens is 5. The molecule has 0 fully saturated rings. The quantitative estimate of drug-likeness (QED) is 0.852. The molecule has 2 aromatic heterocycles. The molecule has 0 aromatic carbocycles. The largest absolute Gasteiger partial charge is 0.313 e. The van der Waals surface area contributed by atoms with E-state index in [2.05, 4.69) is 34.3 Å². The van der Waals surface area contributed by atoms with Gasteiger partial charge in [0, 0.05) is 37.3 Å². The molecule has 1 N–H and O–H groups in total. The van der Waals surface area contributed by atoms with E-state index in [-0.39, 0.29) is 6.04 Å². The first-order valence-electron chi connectivity index (χ1n) is 6.19. The molecule has 0 bridgehead atoms. The maximum Gasteiger partial charge on any atom is 0.138 e. The van der Waals surface area contributed by atoms with E-state index < -0.39 is 0 Å². The summed E-state index contributed by atoms with van der Waals surface area (Å²) in [7, 11) is 3.92. The summed E-state index contributed by atoms with van der Waals surface area (Å²) in [4.78, 5) is 4.32. The van der Waals surface area contributed by atoms with Gasteiger partial charge in [-0.05, 0) is 20.9 Å². The summed E-state index contributed by atoms with van der Waals surface area (Å²) in [5.41, 5.74) is 2.39. The van der Waals surface area contributed by atoms with Crippen molar-refractivity contribution in [1.29, 1.82) is 0 Å².